The molecule has 6 nitrogen and oxygen atoms in total. The lowest BCUT2D eigenvalue weighted by atomic mass is 9.94. The lowest BCUT2D eigenvalue weighted by Crippen LogP contribution is -2.34. The van der Waals surface area contributed by atoms with Gasteiger partial charge in [0.15, 0.2) is 0 Å². The molecule has 1 aromatic carbocycles. The van der Waals surface area contributed by atoms with Gasteiger partial charge < -0.3 is 10.1 Å². The summed E-state index contributed by atoms with van der Waals surface area (Å²) in [5.41, 5.74) is 4.87. The van der Waals surface area contributed by atoms with Gasteiger partial charge in [-0.2, -0.15) is 0 Å². The van der Waals surface area contributed by atoms with Crippen LogP contribution >= 0.6 is 0 Å². The Morgan fingerprint density at radius 2 is 1.94 bits per heavy atom. The van der Waals surface area contributed by atoms with E-state index in [2.05, 4.69) is 26.3 Å². The molecule has 0 unspecified atom stereocenters. The summed E-state index contributed by atoms with van der Waals surface area (Å²) in [5, 5.41) is 3.00. The highest BCUT2D eigenvalue weighted by molar-refractivity contribution is 5.93. The molecule has 1 fully saturated rings. The van der Waals surface area contributed by atoms with Crippen LogP contribution < -0.4 is 5.32 Å². The third-order valence-corrected chi connectivity index (χ3v) is 5.94. The number of rotatable bonds is 8. The van der Waals surface area contributed by atoms with E-state index in [0.29, 0.717) is 24.6 Å². The van der Waals surface area contributed by atoms with Crippen molar-refractivity contribution in [3.05, 3.63) is 95.1 Å². The normalized spacial score (nSPS) is 16.6. The Balaban J connectivity index is 1.34. The second-order valence-electron chi connectivity index (χ2n) is 8.25. The Morgan fingerprint density at radius 3 is 2.69 bits per heavy atom. The van der Waals surface area contributed by atoms with E-state index in [0.717, 1.165) is 55.0 Å². The topological polar surface area (TPSA) is 67.3 Å². The number of carbonyl (C=O) groups is 1. The summed E-state index contributed by atoms with van der Waals surface area (Å²) >= 11 is 0. The number of nitrogens with zero attached hydrogens (tertiary/aromatic N) is 3. The molecule has 0 spiro atoms. The molecule has 0 saturated carbocycles. The number of methoxy groups -OCH3 is 1. The Kier molecular flexibility index (Phi) is 7.59. The number of benzene rings is 1. The second-order valence-corrected chi connectivity index (χ2v) is 8.25. The van der Waals surface area contributed by atoms with Gasteiger partial charge in [-0.3, -0.25) is 19.7 Å². The highest BCUT2D eigenvalue weighted by Crippen LogP contribution is 2.26. The maximum Gasteiger partial charge on any atom is 0.253 e. The number of piperidine rings is 1. The Morgan fingerprint density at radius 1 is 1.09 bits per heavy atom. The average Bonchev–Trinajstić information content (AvgIpc) is 2.84. The summed E-state index contributed by atoms with van der Waals surface area (Å²) in [5.74, 6) is 0.266. The molecule has 0 aliphatic carbocycles. The van der Waals surface area contributed by atoms with Crippen molar-refractivity contribution in [2.45, 2.75) is 38.5 Å². The van der Waals surface area contributed by atoms with Crippen molar-refractivity contribution in [1.82, 2.24) is 20.2 Å². The van der Waals surface area contributed by atoms with Crippen molar-refractivity contribution in [3.8, 4) is 0 Å². The van der Waals surface area contributed by atoms with Gasteiger partial charge in [0, 0.05) is 50.7 Å². The molecule has 3 heterocycles. The number of ether oxygens (including phenoxy) is 1. The monoisotopic (exact) mass is 430 g/mol. The van der Waals surface area contributed by atoms with E-state index in [4.69, 9.17) is 4.74 Å². The summed E-state index contributed by atoms with van der Waals surface area (Å²) in [6.07, 6.45) is 5.80. The molecule has 1 saturated heterocycles. The number of aromatic nitrogens is 2. The number of pyridine rings is 2. The fraction of sp³-hybridized carbons (Fsp3) is 0.346. The minimum Gasteiger partial charge on any atom is -0.380 e. The van der Waals surface area contributed by atoms with Gasteiger partial charge in [0.05, 0.1) is 17.9 Å². The lowest BCUT2D eigenvalue weighted by molar-refractivity contribution is 0.0950. The third kappa shape index (κ3) is 5.78. The number of hydrogen-bond donors (Lipinski definition) is 1. The molecule has 2 aromatic heterocycles. The standard InChI is InChI=1S/C26H30N4O2/c1-32-19-23-8-3-2-7-20(23)15-29-26(31)21-11-12-25(28-16-21)22-9-6-14-30(17-22)18-24-10-4-5-13-27-24/h2-5,7-8,10-13,16,22H,6,9,14-15,17-19H2,1H3,(H,29,31)/t22-/m1/s1. The SMILES string of the molecule is COCc1ccccc1CNC(=O)c1ccc([C@@H]2CCCN(Cc3ccccn3)C2)nc1. The van der Waals surface area contributed by atoms with Crippen LogP contribution in [0.3, 0.4) is 0 Å². The predicted octanol–water partition coefficient (Wildman–Crippen LogP) is 3.93. The number of carbonyl (C=O) groups excluding carboxylic acids is 1. The summed E-state index contributed by atoms with van der Waals surface area (Å²) in [7, 11) is 1.67. The average molecular weight is 431 g/mol. The molecule has 1 aliphatic heterocycles. The molecule has 0 radical (unpaired) electrons. The van der Waals surface area contributed by atoms with E-state index in [1.807, 2.05) is 54.7 Å². The molecule has 32 heavy (non-hydrogen) atoms. The van der Waals surface area contributed by atoms with Crippen LogP contribution in [0.15, 0.2) is 67.0 Å². The molecule has 1 aliphatic rings. The number of hydrogen-bond acceptors (Lipinski definition) is 5. The summed E-state index contributed by atoms with van der Waals surface area (Å²) in [4.78, 5) is 24.2. The molecule has 1 N–H and O–H groups in total. The van der Waals surface area contributed by atoms with E-state index in [1.54, 1.807) is 13.3 Å². The van der Waals surface area contributed by atoms with E-state index >= 15 is 0 Å². The van der Waals surface area contributed by atoms with Crippen LogP contribution in [0.4, 0.5) is 0 Å². The minimum absolute atomic E-state index is 0.114. The van der Waals surface area contributed by atoms with Crippen LogP contribution in [0.2, 0.25) is 0 Å². The first-order valence-corrected chi connectivity index (χ1v) is 11.1. The van der Waals surface area contributed by atoms with Crippen molar-refractivity contribution in [2.75, 3.05) is 20.2 Å². The number of amides is 1. The van der Waals surface area contributed by atoms with Gasteiger partial charge in [-0.05, 0) is 54.8 Å². The van der Waals surface area contributed by atoms with Gasteiger partial charge >= 0.3 is 0 Å². The smallest absolute Gasteiger partial charge is 0.253 e. The molecule has 0 bridgehead atoms. The zero-order chi connectivity index (χ0) is 22.2. The van der Waals surface area contributed by atoms with Crippen molar-refractivity contribution in [3.63, 3.8) is 0 Å². The predicted molar refractivity (Wildman–Crippen MR) is 124 cm³/mol. The summed E-state index contributed by atoms with van der Waals surface area (Å²) in [6.45, 7) is 3.90. The van der Waals surface area contributed by atoms with Crippen LogP contribution in [-0.4, -0.2) is 41.0 Å². The van der Waals surface area contributed by atoms with E-state index in [1.165, 1.54) is 0 Å². The Labute approximate surface area is 189 Å². The van der Waals surface area contributed by atoms with E-state index in [9.17, 15) is 4.79 Å². The quantitative estimate of drug-likeness (QED) is 0.586. The zero-order valence-corrected chi connectivity index (χ0v) is 18.5. The third-order valence-electron chi connectivity index (χ3n) is 5.94. The molecule has 1 amide bonds. The highest BCUT2D eigenvalue weighted by atomic mass is 16.5. The molecular formula is C26H30N4O2. The van der Waals surface area contributed by atoms with Crippen molar-refractivity contribution >= 4 is 5.91 Å². The maximum absolute atomic E-state index is 12.6. The first-order valence-electron chi connectivity index (χ1n) is 11.1. The van der Waals surface area contributed by atoms with Crippen LogP contribution in [-0.2, 0) is 24.4 Å². The van der Waals surface area contributed by atoms with Crippen LogP contribution in [0.1, 0.15) is 51.6 Å². The molecule has 4 rings (SSSR count). The first-order chi connectivity index (χ1) is 15.7. The van der Waals surface area contributed by atoms with Crippen molar-refractivity contribution in [2.24, 2.45) is 0 Å². The van der Waals surface area contributed by atoms with Gasteiger partial charge in [0.2, 0.25) is 0 Å². The van der Waals surface area contributed by atoms with Crippen LogP contribution in [0, 0.1) is 0 Å². The molecule has 3 aromatic rings. The van der Waals surface area contributed by atoms with Gasteiger partial charge in [-0.25, -0.2) is 0 Å². The molecular weight excluding hydrogens is 400 g/mol. The molecule has 6 heteroatoms. The largest absolute Gasteiger partial charge is 0.380 e. The van der Waals surface area contributed by atoms with E-state index in [-0.39, 0.29) is 5.91 Å². The van der Waals surface area contributed by atoms with Gasteiger partial charge in [-0.15, -0.1) is 0 Å². The maximum atomic E-state index is 12.6. The van der Waals surface area contributed by atoms with Gasteiger partial charge in [-0.1, -0.05) is 30.3 Å². The fourth-order valence-corrected chi connectivity index (χ4v) is 4.25. The summed E-state index contributed by atoms with van der Waals surface area (Å²) in [6, 6.07) is 17.9. The Bertz CT molecular complexity index is 1010. The van der Waals surface area contributed by atoms with Crippen LogP contribution in [0.5, 0.6) is 0 Å². The zero-order valence-electron chi connectivity index (χ0n) is 18.5. The number of likely N-dealkylation sites (tertiary alicyclic amines) is 1. The van der Waals surface area contributed by atoms with Gasteiger partial charge in [0.1, 0.15) is 0 Å². The second kappa shape index (κ2) is 11.0. The van der Waals surface area contributed by atoms with Crippen molar-refractivity contribution in [1.29, 1.82) is 0 Å². The highest BCUT2D eigenvalue weighted by Gasteiger charge is 2.23. The fourth-order valence-electron chi connectivity index (χ4n) is 4.25. The molecule has 166 valence electrons. The van der Waals surface area contributed by atoms with Gasteiger partial charge in [0.25, 0.3) is 5.91 Å². The van der Waals surface area contributed by atoms with Crippen LogP contribution in [0.25, 0.3) is 0 Å². The number of nitrogens with one attached hydrogen (secondary N) is 1. The minimum atomic E-state index is -0.114. The first kappa shape index (κ1) is 22.1. The molecule has 1 atom stereocenters. The van der Waals surface area contributed by atoms with Crippen molar-refractivity contribution < 1.29 is 9.53 Å². The Hall–Kier alpha value is -3.09. The van der Waals surface area contributed by atoms with E-state index < -0.39 is 0 Å². The lowest BCUT2D eigenvalue weighted by Gasteiger charge is -2.32. The summed E-state index contributed by atoms with van der Waals surface area (Å²) < 4.78 is 5.24.